The van der Waals surface area contributed by atoms with Crippen LogP contribution < -0.4 is 10.6 Å². The summed E-state index contributed by atoms with van der Waals surface area (Å²) in [6, 6.07) is -0.910. The summed E-state index contributed by atoms with van der Waals surface area (Å²) >= 11 is 5.31. The second-order valence-electron chi connectivity index (χ2n) is 7.30. The molecule has 0 saturated carbocycles. The highest BCUT2D eigenvalue weighted by Gasteiger charge is 2.32. The highest BCUT2D eigenvalue weighted by atomic mass is 32.1. The Morgan fingerprint density at radius 3 is 2.41 bits per heavy atom. The zero-order valence-corrected chi connectivity index (χ0v) is 17.1. The van der Waals surface area contributed by atoms with E-state index >= 15 is 0 Å². The molecule has 8 heteroatoms. The average Bonchev–Trinajstić information content (AvgIpc) is 2.64. The number of hydrogen-bond donors (Lipinski definition) is 7. The van der Waals surface area contributed by atoms with Gasteiger partial charge in [0.25, 0.3) is 0 Å². The van der Waals surface area contributed by atoms with Crippen molar-refractivity contribution in [1.29, 1.82) is 0 Å². The van der Waals surface area contributed by atoms with Gasteiger partial charge in [-0.1, -0.05) is 38.2 Å². The van der Waals surface area contributed by atoms with Crippen molar-refractivity contribution >= 4 is 17.2 Å². The smallest absolute Gasteiger partial charge is 0.108 e. The Morgan fingerprint density at radius 1 is 1.11 bits per heavy atom. The van der Waals surface area contributed by atoms with E-state index in [2.05, 4.69) is 10.6 Å². The summed E-state index contributed by atoms with van der Waals surface area (Å²) in [5, 5.41) is 57.0. The van der Waals surface area contributed by atoms with Crippen LogP contribution >= 0.6 is 12.2 Å². The molecule has 1 rings (SSSR count). The van der Waals surface area contributed by atoms with Crippen LogP contribution in [0, 0.1) is 0 Å². The van der Waals surface area contributed by atoms with Crippen LogP contribution in [0.15, 0.2) is 12.2 Å². The first-order chi connectivity index (χ1) is 12.8. The lowest BCUT2D eigenvalue weighted by molar-refractivity contribution is -0.0722. The zero-order valence-electron chi connectivity index (χ0n) is 16.3. The molecule has 0 aromatic carbocycles. The largest absolute Gasteiger partial charge is 0.393 e. The molecule has 0 fully saturated rings. The quantitative estimate of drug-likeness (QED) is 0.200. The van der Waals surface area contributed by atoms with Crippen molar-refractivity contribution in [1.82, 2.24) is 10.6 Å². The number of aliphatic hydroxyl groups is 5. The third-order valence-electron chi connectivity index (χ3n) is 4.96. The Kier molecular flexibility index (Phi) is 11.6. The molecule has 7 unspecified atom stereocenters. The second-order valence-corrected chi connectivity index (χ2v) is 7.79. The molecule has 7 nitrogen and oxygen atoms in total. The number of hydrogen-bond acceptors (Lipinski definition) is 7. The molecule has 27 heavy (non-hydrogen) atoms. The van der Waals surface area contributed by atoms with Gasteiger partial charge < -0.3 is 36.2 Å². The van der Waals surface area contributed by atoms with Gasteiger partial charge in [-0.2, -0.15) is 0 Å². The van der Waals surface area contributed by atoms with Gasteiger partial charge in [0.1, 0.15) is 6.10 Å². The molecule has 1 aliphatic rings. The van der Waals surface area contributed by atoms with Crippen LogP contribution in [0.1, 0.15) is 52.4 Å². The van der Waals surface area contributed by atoms with E-state index in [9.17, 15) is 25.5 Å². The third kappa shape index (κ3) is 8.51. The molecular weight excluding hydrogens is 368 g/mol. The molecule has 0 heterocycles. The topological polar surface area (TPSA) is 125 Å². The Balaban J connectivity index is 2.76. The fourth-order valence-electron chi connectivity index (χ4n) is 3.10. The summed E-state index contributed by atoms with van der Waals surface area (Å²) in [7, 11) is 0. The van der Waals surface area contributed by atoms with E-state index < -0.39 is 42.6 Å². The summed E-state index contributed by atoms with van der Waals surface area (Å²) in [4.78, 5) is 0.642. The first-order valence-corrected chi connectivity index (χ1v) is 10.3. The first kappa shape index (κ1) is 24.4. The molecule has 7 atom stereocenters. The van der Waals surface area contributed by atoms with Gasteiger partial charge in [0.15, 0.2) is 0 Å². The predicted octanol–water partition coefficient (Wildman–Crippen LogP) is -0.0151. The van der Waals surface area contributed by atoms with Crippen LogP contribution in [0.4, 0.5) is 0 Å². The maximum absolute atomic E-state index is 10.5. The second kappa shape index (κ2) is 12.8. The van der Waals surface area contributed by atoms with Crippen molar-refractivity contribution < 1.29 is 25.5 Å². The van der Waals surface area contributed by atoms with E-state index in [1.165, 1.54) is 0 Å². The summed E-state index contributed by atoms with van der Waals surface area (Å²) < 4.78 is 0. The van der Waals surface area contributed by atoms with Crippen molar-refractivity contribution in [2.75, 3.05) is 6.54 Å². The van der Waals surface area contributed by atoms with Crippen LogP contribution in [0.5, 0.6) is 0 Å². The molecule has 0 aliphatic heterocycles. The molecule has 7 N–H and O–H groups in total. The van der Waals surface area contributed by atoms with Crippen molar-refractivity contribution in [3.05, 3.63) is 12.2 Å². The molecular formula is C19H36N2O5S. The lowest BCUT2D eigenvalue weighted by Gasteiger charge is -2.33. The number of aliphatic hydroxyl groups excluding tert-OH is 5. The average molecular weight is 405 g/mol. The predicted molar refractivity (Wildman–Crippen MR) is 110 cm³/mol. The molecule has 1 aliphatic carbocycles. The number of rotatable bonds is 10. The van der Waals surface area contributed by atoms with E-state index in [-0.39, 0.29) is 6.42 Å². The lowest BCUT2D eigenvalue weighted by Crippen LogP contribution is -2.56. The molecule has 0 aromatic heterocycles. The van der Waals surface area contributed by atoms with Gasteiger partial charge in [-0.05, 0) is 32.1 Å². The van der Waals surface area contributed by atoms with Crippen molar-refractivity contribution in [2.45, 2.75) is 95.0 Å². The van der Waals surface area contributed by atoms with Gasteiger partial charge >= 0.3 is 0 Å². The van der Waals surface area contributed by atoms with Gasteiger partial charge in [-0.15, -0.1) is 0 Å². The highest BCUT2D eigenvalue weighted by molar-refractivity contribution is 7.80. The SMILES string of the molecule is CCCC(=S)NC(CNC1C/C=C\CC(O)C(O)C1O)C(O)CC(O)CC. The van der Waals surface area contributed by atoms with Crippen LogP contribution in [0.3, 0.4) is 0 Å². The molecule has 0 bridgehead atoms. The van der Waals surface area contributed by atoms with Gasteiger partial charge in [0.05, 0.1) is 35.4 Å². The highest BCUT2D eigenvalue weighted by Crippen LogP contribution is 2.15. The van der Waals surface area contributed by atoms with E-state index in [0.29, 0.717) is 37.2 Å². The molecule has 0 radical (unpaired) electrons. The monoisotopic (exact) mass is 404 g/mol. The Hall–Kier alpha value is -0.610. The number of thiocarbonyl (C=S) groups is 1. The summed E-state index contributed by atoms with van der Waals surface area (Å²) in [5.41, 5.74) is 0. The third-order valence-corrected chi connectivity index (χ3v) is 5.29. The molecule has 158 valence electrons. The maximum atomic E-state index is 10.5. The summed E-state index contributed by atoms with van der Waals surface area (Å²) in [6.45, 7) is 4.16. The van der Waals surface area contributed by atoms with Crippen molar-refractivity contribution in [3.63, 3.8) is 0 Å². The first-order valence-electron chi connectivity index (χ1n) is 9.88. The fraction of sp³-hybridized carbons (Fsp3) is 0.842. The standard InChI is InChI=1S/C19H36N2O5S/c1-3-7-17(27)21-14(16(24)10-12(22)4-2)11-20-13-8-5-6-9-15(23)19(26)18(13)25/h5-6,12-16,18-20,22-26H,3-4,7-11H2,1-2H3,(H,21,27)/b6-5-. The maximum Gasteiger partial charge on any atom is 0.108 e. The zero-order chi connectivity index (χ0) is 20.4. The molecule has 0 saturated heterocycles. The van der Waals surface area contributed by atoms with Crippen molar-refractivity contribution in [2.24, 2.45) is 0 Å². The molecule has 0 aromatic rings. The van der Waals surface area contributed by atoms with Crippen LogP contribution in [-0.2, 0) is 0 Å². The Morgan fingerprint density at radius 2 is 1.78 bits per heavy atom. The summed E-state index contributed by atoms with van der Waals surface area (Å²) in [5.74, 6) is 0. The normalized spacial score (nSPS) is 30.6. The lowest BCUT2D eigenvalue weighted by atomic mass is 9.93. The summed E-state index contributed by atoms with van der Waals surface area (Å²) in [6.07, 6.45) is 1.98. The number of nitrogens with one attached hydrogen (secondary N) is 2. The van der Waals surface area contributed by atoms with Crippen LogP contribution in [0.25, 0.3) is 0 Å². The van der Waals surface area contributed by atoms with Crippen molar-refractivity contribution in [3.8, 4) is 0 Å². The Labute approximate surface area is 167 Å². The van der Waals surface area contributed by atoms with Crippen LogP contribution in [0.2, 0.25) is 0 Å². The van der Waals surface area contributed by atoms with E-state index in [4.69, 9.17) is 12.2 Å². The fourth-order valence-corrected chi connectivity index (χ4v) is 3.46. The van der Waals surface area contributed by atoms with Gasteiger partial charge in [0.2, 0.25) is 0 Å². The van der Waals surface area contributed by atoms with E-state index in [1.54, 1.807) is 6.08 Å². The van der Waals surface area contributed by atoms with Gasteiger partial charge in [-0.25, -0.2) is 0 Å². The van der Waals surface area contributed by atoms with E-state index in [0.717, 1.165) is 6.42 Å². The van der Waals surface area contributed by atoms with E-state index in [1.807, 2.05) is 19.9 Å². The van der Waals surface area contributed by atoms with Gasteiger partial charge in [0, 0.05) is 19.0 Å². The Bertz CT molecular complexity index is 465. The molecule has 0 amide bonds. The van der Waals surface area contributed by atoms with Gasteiger partial charge in [-0.3, -0.25) is 0 Å². The molecule has 0 spiro atoms. The minimum atomic E-state index is -1.24. The van der Waals surface area contributed by atoms with Crippen LogP contribution in [-0.4, -0.2) is 79.7 Å². The minimum Gasteiger partial charge on any atom is -0.393 e. The minimum absolute atomic E-state index is 0.221.